The molecule has 2 fully saturated rings. The number of nitrogens with one attached hydrogen (secondary N) is 1. The highest BCUT2D eigenvalue weighted by Gasteiger charge is 2.42. The molecule has 2 unspecified atom stereocenters. The minimum absolute atomic E-state index is 0.255. The molecule has 1 saturated carbocycles. The zero-order valence-electron chi connectivity index (χ0n) is 13.2. The number of ketones is 1. The van der Waals surface area contributed by atoms with Crippen molar-refractivity contribution in [2.24, 2.45) is 17.8 Å². The van der Waals surface area contributed by atoms with E-state index >= 15 is 0 Å². The number of aromatic amines is 1. The summed E-state index contributed by atoms with van der Waals surface area (Å²) in [5.41, 5.74) is 4.77. The number of piperidine rings is 1. The van der Waals surface area contributed by atoms with Gasteiger partial charge in [0.1, 0.15) is 0 Å². The molecule has 1 aromatic heterocycles. The van der Waals surface area contributed by atoms with Gasteiger partial charge < -0.3 is 9.88 Å². The first-order valence-electron chi connectivity index (χ1n) is 8.64. The van der Waals surface area contributed by atoms with E-state index in [0.717, 1.165) is 30.9 Å². The average molecular weight is 286 g/mol. The first-order valence-corrected chi connectivity index (χ1v) is 8.64. The van der Waals surface area contributed by atoms with Crippen LogP contribution in [0.4, 0.5) is 0 Å². The number of carbonyl (C=O) groups is 1. The van der Waals surface area contributed by atoms with Gasteiger partial charge in [-0.15, -0.1) is 0 Å². The van der Waals surface area contributed by atoms with Crippen LogP contribution in [0.3, 0.4) is 0 Å². The van der Waals surface area contributed by atoms with Crippen LogP contribution in [0.1, 0.15) is 53.5 Å². The van der Waals surface area contributed by atoms with Crippen molar-refractivity contribution < 1.29 is 4.79 Å². The lowest BCUT2D eigenvalue weighted by Gasteiger charge is -2.40. The summed E-state index contributed by atoms with van der Waals surface area (Å²) in [5, 5.41) is 0. The molecule has 0 radical (unpaired) electrons. The zero-order valence-corrected chi connectivity index (χ0v) is 13.2. The lowest BCUT2D eigenvalue weighted by molar-refractivity contribution is 0.0651. The Hall–Kier alpha value is -1.09. The Morgan fingerprint density at radius 3 is 2.81 bits per heavy atom. The van der Waals surface area contributed by atoms with E-state index in [2.05, 4.69) is 23.7 Å². The largest absolute Gasteiger partial charge is 0.362 e. The Morgan fingerprint density at radius 2 is 2.10 bits per heavy atom. The standard InChI is InChI=1S/C18H26N2O/c1-3-14-11(2)19-16-8-13-6-7-20(9-12-4-5-12)10-15(13)18(21)17(14)16/h12-13,15,19H,3-10H2,1-2H3. The number of hydrogen-bond donors (Lipinski definition) is 1. The lowest BCUT2D eigenvalue weighted by atomic mass is 9.72. The molecule has 2 heterocycles. The van der Waals surface area contributed by atoms with Gasteiger partial charge in [0, 0.05) is 36.0 Å². The molecule has 2 aliphatic carbocycles. The molecule has 4 rings (SSSR count). The number of hydrogen-bond acceptors (Lipinski definition) is 2. The van der Waals surface area contributed by atoms with Crippen LogP contribution in [0.5, 0.6) is 0 Å². The second-order valence-electron chi connectivity index (χ2n) is 7.36. The first-order chi connectivity index (χ1) is 10.2. The fourth-order valence-corrected chi connectivity index (χ4v) is 4.51. The van der Waals surface area contributed by atoms with Crippen LogP contribution in [0, 0.1) is 24.7 Å². The third-order valence-electron chi connectivity index (χ3n) is 5.85. The van der Waals surface area contributed by atoms with Gasteiger partial charge in [-0.05, 0) is 63.0 Å². The number of nitrogens with zero attached hydrogens (tertiary/aromatic N) is 1. The molecule has 3 nitrogen and oxygen atoms in total. The number of fused-ring (bicyclic) bond motifs is 2. The first kappa shape index (κ1) is 13.6. The van der Waals surface area contributed by atoms with Crippen molar-refractivity contribution in [2.75, 3.05) is 19.6 Å². The van der Waals surface area contributed by atoms with Gasteiger partial charge in [0.05, 0.1) is 0 Å². The Kier molecular flexibility index (Phi) is 3.21. The molecule has 21 heavy (non-hydrogen) atoms. The van der Waals surface area contributed by atoms with Crippen molar-refractivity contribution in [2.45, 2.75) is 46.0 Å². The maximum Gasteiger partial charge on any atom is 0.169 e. The van der Waals surface area contributed by atoms with Gasteiger partial charge in [0.2, 0.25) is 0 Å². The van der Waals surface area contributed by atoms with E-state index in [-0.39, 0.29) is 5.92 Å². The Morgan fingerprint density at radius 1 is 1.29 bits per heavy atom. The number of rotatable bonds is 3. The van der Waals surface area contributed by atoms with Gasteiger partial charge >= 0.3 is 0 Å². The summed E-state index contributed by atoms with van der Waals surface area (Å²) in [6, 6.07) is 0. The van der Waals surface area contributed by atoms with Crippen LogP contribution in [0.25, 0.3) is 0 Å². The van der Waals surface area contributed by atoms with E-state index in [9.17, 15) is 4.79 Å². The lowest BCUT2D eigenvalue weighted by Crippen LogP contribution is -2.47. The van der Waals surface area contributed by atoms with Gasteiger partial charge in [-0.2, -0.15) is 0 Å². The molecule has 0 amide bonds. The molecule has 1 saturated heterocycles. The topological polar surface area (TPSA) is 36.1 Å². The third-order valence-corrected chi connectivity index (χ3v) is 5.85. The summed E-state index contributed by atoms with van der Waals surface area (Å²) in [7, 11) is 0. The number of aryl methyl sites for hydroxylation is 1. The molecule has 3 heteroatoms. The SMILES string of the molecule is CCc1c(C)[nH]c2c1C(=O)C1CN(CC3CC3)CCC1C2. The third kappa shape index (κ3) is 2.26. The van der Waals surface area contributed by atoms with Gasteiger partial charge in [-0.1, -0.05) is 6.92 Å². The van der Waals surface area contributed by atoms with Crippen LogP contribution >= 0.6 is 0 Å². The van der Waals surface area contributed by atoms with E-state index in [0.29, 0.717) is 11.7 Å². The molecule has 1 aliphatic heterocycles. The van der Waals surface area contributed by atoms with Crippen LogP contribution < -0.4 is 0 Å². The number of likely N-dealkylation sites (tertiary alicyclic amines) is 1. The van der Waals surface area contributed by atoms with Crippen molar-refractivity contribution in [3.8, 4) is 0 Å². The quantitative estimate of drug-likeness (QED) is 0.927. The summed E-state index contributed by atoms with van der Waals surface area (Å²) < 4.78 is 0. The van der Waals surface area contributed by atoms with E-state index in [4.69, 9.17) is 0 Å². The van der Waals surface area contributed by atoms with Crippen LogP contribution in [-0.4, -0.2) is 35.3 Å². The fraction of sp³-hybridized carbons (Fsp3) is 0.722. The molecule has 0 spiro atoms. The highest BCUT2D eigenvalue weighted by molar-refractivity contribution is 6.02. The summed E-state index contributed by atoms with van der Waals surface area (Å²) in [6.45, 7) is 7.72. The molecule has 114 valence electrons. The molecule has 0 aromatic carbocycles. The number of carbonyl (C=O) groups excluding carboxylic acids is 1. The molecule has 3 aliphatic rings. The molecule has 2 atom stereocenters. The van der Waals surface area contributed by atoms with Crippen molar-refractivity contribution in [1.29, 1.82) is 0 Å². The van der Waals surface area contributed by atoms with Gasteiger partial charge in [-0.25, -0.2) is 0 Å². The van der Waals surface area contributed by atoms with E-state index in [1.807, 2.05) is 0 Å². The Labute approximate surface area is 127 Å². The molecular formula is C18H26N2O. The van der Waals surface area contributed by atoms with Crippen LogP contribution in [0.15, 0.2) is 0 Å². The Balaban J connectivity index is 1.60. The predicted molar refractivity (Wildman–Crippen MR) is 83.7 cm³/mol. The summed E-state index contributed by atoms with van der Waals surface area (Å²) in [5.74, 6) is 2.19. The van der Waals surface area contributed by atoms with E-state index in [1.54, 1.807) is 0 Å². The van der Waals surface area contributed by atoms with Gasteiger partial charge in [0.15, 0.2) is 5.78 Å². The summed E-state index contributed by atoms with van der Waals surface area (Å²) >= 11 is 0. The zero-order chi connectivity index (χ0) is 14.6. The number of Topliss-reactive ketones (excluding diaryl/α,β-unsaturated/α-hetero) is 1. The minimum atomic E-state index is 0.255. The van der Waals surface area contributed by atoms with Crippen molar-refractivity contribution >= 4 is 5.78 Å². The maximum atomic E-state index is 13.0. The summed E-state index contributed by atoms with van der Waals surface area (Å²) in [6.07, 6.45) is 6.05. The summed E-state index contributed by atoms with van der Waals surface area (Å²) in [4.78, 5) is 19.1. The molecule has 1 N–H and O–H groups in total. The van der Waals surface area contributed by atoms with Crippen molar-refractivity contribution in [3.05, 3.63) is 22.5 Å². The highest BCUT2D eigenvalue weighted by atomic mass is 16.1. The van der Waals surface area contributed by atoms with Crippen molar-refractivity contribution in [1.82, 2.24) is 9.88 Å². The van der Waals surface area contributed by atoms with Crippen molar-refractivity contribution in [3.63, 3.8) is 0 Å². The molecule has 1 aromatic rings. The average Bonchev–Trinajstić information content (AvgIpc) is 3.21. The highest BCUT2D eigenvalue weighted by Crippen LogP contribution is 2.39. The fourth-order valence-electron chi connectivity index (χ4n) is 4.51. The van der Waals surface area contributed by atoms with Gasteiger partial charge in [0.25, 0.3) is 0 Å². The normalized spacial score (nSPS) is 29.3. The minimum Gasteiger partial charge on any atom is -0.362 e. The van der Waals surface area contributed by atoms with E-state index in [1.165, 1.54) is 49.3 Å². The maximum absolute atomic E-state index is 13.0. The van der Waals surface area contributed by atoms with Gasteiger partial charge in [-0.3, -0.25) is 4.79 Å². The smallest absolute Gasteiger partial charge is 0.169 e. The number of aromatic nitrogens is 1. The monoisotopic (exact) mass is 286 g/mol. The molecular weight excluding hydrogens is 260 g/mol. The second kappa shape index (κ2) is 4.98. The predicted octanol–water partition coefficient (Wildman–Crippen LogP) is 2.97. The number of H-pyrrole nitrogens is 1. The van der Waals surface area contributed by atoms with Crippen LogP contribution in [-0.2, 0) is 12.8 Å². The van der Waals surface area contributed by atoms with E-state index < -0.39 is 0 Å². The second-order valence-corrected chi connectivity index (χ2v) is 7.36. The van der Waals surface area contributed by atoms with Crippen LogP contribution in [0.2, 0.25) is 0 Å². The Bertz CT molecular complexity index is 570. The molecule has 0 bridgehead atoms.